The Kier molecular flexibility index (Phi) is 12.3. The number of nitrogens with one attached hydrogen (secondary N) is 2. The smallest absolute Gasteiger partial charge is 0.407 e. The third-order valence-electron chi connectivity index (χ3n) is 5.44. The van der Waals surface area contributed by atoms with Crippen LogP contribution in [0, 0.1) is 11.8 Å². The average molecular weight is 465 g/mol. The van der Waals surface area contributed by atoms with Crippen molar-refractivity contribution in [1.82, 2.24) is 10.6 Å². The second-order valence-electron chi connectivity index (χ2n) is 9.99. The molecular weight excluding hydrogens is 420 g/mol. The molecule has 7 heteroatoms. The number of benzene rings is 1. The number of carbonyl (C=O) groups excluding carboxylic acids is 2. The van der Waals surface area contributed by atoms with Gasteiger partial charge in [0.05, 0.1) is 19.3 Å². The molecular formula is C26H44N2O5. The highest BCUT2D eigenvalue weighted by atomic mass is 16.6. The number of methoxy groups -OCH3 is 1. The first-order valence-electron chi connectivity index (χ1n) is 12.0. The van der Waals surface area contributed by atoms with Crippen molar-refractivity contribution >= 4 is 12.0 Å². The van der Waals surface area contributed by atoms with Gasteiger partial charge in [-0.3, -0.25) is 4.79 Å². The summed E-state index contributed by atoms with van der Waals surface area (Å²) < 4.78 is 10.6. The SMILES string of the molecule is CCCCNC(=O)[C@H](C)C[C@H](O)[C@H](C[C@H](C)Cc1ccc(OC)cc1)NC(=O)OC(C)(C)C. The van der Waals surface area contributed by atoms with Gasteiger partial charge in [0.25, 0.3) is 0 Å². The maximum absolute atomic E-state index is 12.4. The number of carbonyl (C=O) groups is 2. The van der Waals surface area contributed by atoms with Gasteiger partial charge in [0.1, 0.15) is 11.4 Å². The number of aliphatic hydroxyl groups is 1. The Morgan fingerprint density at radius 3 is 2.27 bits per heavy atom. The zero-order valence-electron chi connectivity index (χ0n) is 21.4. The molecule has 0 aromatic heterocycles. The van der Waals surface area contributed by atoms with Crippen LogP contribution in [0.1, 0.15) is 72.8 Å². The second-order valence-corrected chi connectivity index (χ2v) is 9.99. The monoisotopic (exact) mass is 464 g/mol. The molecule has 0 spiro atoms. The lowest BCUT2D eigenvalue weighted by Gasteiger charge is -2.29. The molecule has 3 N–H and O–H groups in total. The highest BCUT2D eigenvalue weighted by molar-refractivity contribution is 5.78. The highest BCUT2D eigenvalue weighted by Gasteiger charge is 2.29. The summed E-state index contributed by atoms with van der Waals surface area (Å²) in [6.45, 7) is 12.0. The normalized spacial score (nSPS) is 15.2. The van der Waals surface area contributed by atoms with Crippen LogP contribution < -0.4 is 15.4 Å². The molecule has 0 saturated heterocycles. The minimum absolute atomic E-state index is 0.0789. The number of unbranched alkanes of at least 4 members (excludes halogenated alkanes) is 1. The van der Waals surface area contributed by atoms with Crippen LogP contribution in [0.15, 0.2) is 24.3 Å². The van der Waals surface area contributed by atoms with Crippen LogP contribution in [0.25, 0.3) is 0 Å². The molecule has 0 aliphatic rings. The summed E-state index contributed by atoms with van der Waals surface area (Å²) in [6, 6.07) is 7.35. The molecule has 0 saturated carbocycles. The Labute approximate surface area is 199 Å². The zero-order chi connectivity index (χ0) is 25.0. The summed E-state index contributed by atoms with van der Waals surface area (Å²) in [6.07, 6.45) is 2.09. The fraction of sp³-hybridized carbons (Fsp3) is 0.692. The number of aliphatic hydroxyl groups excluding tert-OH is 1. The van der Waals surface area contributed by atoms with Crippen molar-refractivity contribution in [3.05, 3.63) is 29.8 Å². The van der Waals surface area contributed by atoms with Gasteiger partial charge in [-0.1, -0.05) is 39.3 Å². The quantitative estimate of drug-likeness (QED) is 0.375. The summed E-state index contributed by atoms with van der Waals surface area (Å²) in [4.78, 5) is 24.8. The molecule has 1 aromatic carbocycles. The van der Waals surface area contributed by atoms with Crippen molar-refractivity contribution in [3.8, 4) is 5.75 Å². The molecule has 0 bridgehead atoms. The van der Waals surface area contributed by atoms with Crippen molar-refractivity contribution in [1.29, 1.82) is 0 Å². The maximum Gasteiger partial charge on any atom is 0.407 e. The van der Waals surface area contributed by atoms with E-state index in [1.807, 2.05) is 24.3 Å². The van der Waals surface area contributed by atoms with Gasteiger partial charge < -0.3 is 25.2 Å². The predicted octanol–water partition coefficient (Wildman–Crippen LogP) is 4.46. The molecule has 0 aliphatic heterocycles. The minimum Gasteiger partial charge on any atom is -0.497 e. The first kappa shape index (κ1) is 28.8. The first-order valence-corrected chi connectivity index (χ1v) is 12.0. The molecule has 1 aromatic rings. The van der Waals surface area contributed by atoms with Crippen LogP contribution in [-0.2, 0) is 16.0 Å². The van der Waals surface area contributed by atoms with E-state index in [2.05, 4.69) is 24.5 Å². The van der Waals surface area contributed by atoms with E-state index in [-0.39, 0.29) is 24.2 Å². The van der Waals surface area contributed by atoms with E-state index in [0.717, 1.165) is 30.6 Å². The molecule has 0 fully saturated rings. The Bertz CT molecular complexity index is 714. The lowest BCUT2D eigenvalue weighted by Crippen LogP contribution is -2.47. The van der Waals surface area contributed by atoms with Crippen molar-refractivity contribution < 1.29 is 24.2 Å². The Balaban J connectivity index is 2.81. The van der Waals surface area contributed by atoms with E-state index >= 15 is 0 Å². The maximum atomic E-state index is 12.4. The van der Waals surface area contributed by atoms with Crippen molar-refractivity contribution in [2.24, 2.45) is 11.8 Å². The van der Waals surface area contributed by atoms with E-state index in [0.29, 0.717) is 13.0 Å². The van der Waals surface area contributed by atoms with E-state index in [4.69, 9.17) is 9.47 Å². The van der Waals surface area contributed by atoms with E-state index in [9.17, 15) is 14.7 Å². The molecule has 7 nitrogen and oxygen atoms in total. The van der Waals surface area contributed by atoms with Gasteiger partial charge in [0.15, 0.2) is 0 Å². The summed E-state index contributed by atoms with van der Waals surface area (Å²) in [5.74, 6) is 0.542. The fourth-order valence-electron chi connectivity index (χ4n) is 3.65. The highest BCUT2D eigenvalue weighted by Crippen LogP contribution is 2.21. The fourth-order valence-corrected chi connectivity index (χ4v) is 3.65. The summed E-state index contributed by atoms with van der Waals surface area (Å²) in [5, 5.41) is 16.7. The van der Waals surface area contributed by atoms with E-state index < -0.39 is 23.8 Å². The van der Waals surface area contributed by atoms with Crippen LogP contribution >= 0.6 is 0 Å². The minimum atomic E-state index is -0.872. The van der Waals surface area contributed by atoms with Crippen LogP contribution in [0.2, 0.25) is 0 Å². The summed E-state index contributed by atoms with van der Waals surface area (Å²) >= 11 is 0. The van der Waals surface area contributed by atoms with Crippen molar-refractivity contribution in [2.45, 2.75) is 91.4 Å². The van der Waals surface area contributed by atoms with Gasteiger partial charge in [-0.15, -0.1) is 0 Å². The van der Waals surface area contributed by atoms with Gasteiger partial charge in [0.2, 0.25) is 5.91 Å². The predicted molar refractivity (Wildman–Crippen MR) is 131 cm³/mol. The molecule has 0 heterocycles. The Morgan fingerprint density at radius 2 is 1.73 bits per heavy atom. The Hall–Kier alpha value is -2.28. The zero-order valence-corrected chi connectivity index (χ0v) is 21.4. The van der Waals surface area contributed by atoms with Gasteiger partial charge in [-0.25, -0.2) is 4.79 Å². The number of amides is 2. The molecule has 2 amide bonds. The molecule has 0 radical (unpaired) electrons. The second kappa shape index (κ2) is 14.1. The van der Waals surface area contributed by atoms with Crippen LogP contribution in [0.4, 0.5) is 4.79 Å². The van der Waals surface area contributed by atoms with Crippen LogP contribution in [0.3, 0.4) is 0 Å². The molecule has 0 unspecified atom stereocenters. The molecule has 33 heavy (non-hydrogen) atoms. The van der Waals surface area contributed by atoms with Gasteiger partial charge >= 0.3 is 6.09 Å². The summed E-state index contributed by atoms with van der Waals surface area (Å²) in [5.41, 5.74) is 0.512. The summed E-state index contributed by atoms with van der Waals surface area (Å²) in [7, 11) is 1.64. The van der Waals surface area contributed by atoms with Gasteiger partial charge in [-0.05, 0) is 70.1 Å². The van der Waals surface area contributed by atoms with Gasteiger partial charge in [0, 0.05) is 12.5 Å². The van der Waals surface area contributed by atoms with Gasteiger partial charge in [-0.2, -0.15) is 0 Å². The number of rotatable bonds is 13. The van der Waals surface area contributed by atoms with Crippen molar-refractivity contribution in [2.75, 3.05) is 13.7 Å². The largest absolute Gasteiger partial charge is 0.497 e. The third-order valence-corrected chi connectivity index (χ3v) is 5.44. The third kappa shape index (κ3) is 11.9. The lowest BCUT2D eigenvalue weighted by atomic mass is 9.89. The lowest BCUT2D eigenvalue weighted by molar-refractivity contribution is -0.125. The first-order chi connectivity index (χ1) is 15.4. The topological polar surface area (TPSA) is 96.9 Å². The molecule has 0 aliphatic carbocycles. The average Bonchev–Trinajstić information content (AvgIpc) is 2.72. The molecule has 1 rings (SSSR count). The number of ether oxygens (including phenoxy) is 2. The number of alkyl carbamates (subject to hydrolysis) is 1. The molecule has 188 valence electrons. The van der Waals surface area contributed by atoms with E-state index in [1.165, 1.54) is 0 Å². The number of hydrogen-bond acceptors (Lipinski definition) is 5. The molecule has 4 atom stereocenters. The van der Waals surface area contributed by atoms with Crippen molar-refractivity contribution in [3.63, 3.8) is 0 Å². The Morgan fingerprint density at radius 1 is 1.09 bits per heavy atom. The van der Waals surface area contributed by atoms with E-state index in [1.54, 1.807) is 34.8 Å². The van der Waals surface area contributed by atoms with Crippen LogP contribution in [0.5, 0.6) is 5.75 Å². The van der Waals surface area contributed by atoms with Crippen LogP contribution in [-0.4, -0.2) is 48.5 Å². The standard InChI is InChI=1S/C26H44N2O5/c1-8-9-14-27-24(30)19(3)17-23(29)22(28-25(31)33-26(4,5)6)16-18(2)15-20-10-12-21(32-7)13-11-20/h10-13,18-19,22-23,29H,8-9,14-17H2,1-7H3,(H,27,30)(H,28,31)/t18-,19-,22+,23+/m1/s1. The number of hydrogen-bond donors (Lipinski definition) is 3.